The maximum Gasteiger partial charge on any atom is 0.147 e. The first kappa shape index (κ1) is 13.5. The molecule has 3 aromatic rings. The van der Waals surface area contributed by atoms with Gasteiger partial charge in [-0.15, -0.1) is 0 Å². The highest BCUT2D eigenvalue weighted by molar-refractivity contribution is 5.22. The van der Waals surface area contributed by atoms with Crippen LogP contribution in [0.25, 0.3) is 0 Å². The lowest BCUT2D eigenvalue weighted by Gasteiger charge is -2.08. The Morgan fingerprint density at radius 3 is 2.43 bits per heavy atom. The van der Waals surface area contributed by atoms with E-state index >= 15 is 0 Å². The van der Waals surface area contributed by atoms with Gasteiger partial charge in [-0.3, -0.25) is 0 Å². The van der Waals surface area contributed by atoms with Crippen molar-refractivity contribution >= 4 is 0 Å². The molecule has 0 bridgehead atoms. The van der Waals surface area contributed by atoms with Gasteiger partial charge >= 0.3 is 0 Å². The van der Waals surface area contributed by atoms with Crippen LogP contribution in [0.3, 0.4) is 0 Å². The first-order valence-electron chi connectivity index (χ1n) is 7.18. The van der Waals surface area contributed by atoms with Crippen molar-refractivity contribution in [1.29, 1.82) is 0 Å². The average molecular weight is 281 g/mol. The van der Waals surface area contributed by atoms with Gasteiger partial charge in [-0.05, 0) is 24.5 Å². The summed E-state index contributed by atoms with van der Waals surface area (Å²) in [6.45, 7) is 5.59. The molecule has 108 valence electrons. The normalized spacial score (nSPS) is 11.0. The molecule has 0 fully saturated rings. The molecule has 0 spiro atoms. The fourth-order valence-electron chi connectivity index (χ4n) is 2.32. The van der Waals surface area contributed by atoms with Crippen LogP contribution >= 0.6 is 0 Å². The van der Waals surface area contributed by atoms with Gasteiger partial charge in [-0.1, -0.05) is 31.2 Å². The van der Waals surface area contributed by atoms with Gasteiger partial charge in [0.2, 0.25) is 0 Å². The highest BCUT2D eigenvalue weighted by Crippen LogP contribution is 2.09. The third kappa shape index (κ3) is 3.02. The highest BCUT2D eigenvalue weighted by atomic mass is 15.3. The van der Waals surface area contributed by atoms with Crippen LogP contribution in [0.2, 0.25) is 0 Å². The van der Waals surface area contributed by atoms with E-state index in [9.17, 15) is 0 Å². The summed E-state index contributed by atoms with van der Waals surface area (Å²) >= 11 is 0. The maximum atomic E-state index is 4.37. The summed E-state index contributed by atoms with van der Waals surface area (Å²) in [6.07, 6.45) is 6.45. The van der Waals surface area contributed by atoms with Crippen molar-refractivity contribution in [2.45, 2.75) is 33.4 Å². The zero-order valence-corrected chi connectivity index (χ0v) is 12.4. The van der Waals surface area contributed by atoms with Gasteiger partial charge in [0, 0.05) is 12.4 Å². The Hall–Kier alpha value is -2.43. The van der Waals surface area contributed by atoms with Crippen molar-refractivity contribution in [1.82, 2.24) is 24.3 Å². The Morgan fingerprint density at radius 1 is 1.00 bits per heavy atom. The number of hydrogen-bond acceptors (Lipinski definition) is 3. The van der Waals surface area contributed by atoms with Crippen molar-refractivity contribution in [3.8, 4) is 0 Å². The van der Waals surface area contributed by atoms with Crippen LogP contribution in [0.1, 0.15) is 29.7 Å². The van der Waals surface area contributed by atoms with Gasteiger partial charge in [-0.2, -0.15) is 5.10 Å². The van der Waals surface area contributed by atoms with E-state index in [2.05, 4.69) is 50.8 Å². The predicted molar refractivity (Wildman–Crippen MR) is 81.0 cm³/mol. The lowest BCUT2D eigenvalue weighted by Crippen LogP contribution is -2.11. The third-order valence-corrected chi connectivity index (χ3v) is 3.69. The lowest BCUT2D eigenvalue weighted by molar-refractivity contribution is 0.603. The number of rotatable bonds is 5. The van der Waals surface area contributed by atoms with Gasteiger partial charge in [0.1, 0.15) is 18.0 Å². The van der Waals surface area contributed by atoms with Gasteiger partial charge in [-0.25, -0.2) is 14.6 Å². The monoisotopic (exact) mass is 281 g/mol. The maximum absolute atomic E-state index is 4.37. The predicted octanol–water partition coefficient (Wildman–Crippen LogP) is 2.44. The van der Waals surface area contributed by atoms with Crippen LogP contribution in [0, 0.1) is 6.92 Å². The number of hydrogen-bond donors (Lipinski definition) is 0. The largest absolute Gasteiger partial charge is 0.328 e. The van der Waals surface area contributed by atoms with E-state index in [-0.39, 0.29) is 0 Å². The lowest BCUT2D eigenvalue weighted by atomic mass is 10.1. The average Bonchev–Trinajstić information content (AvgIpc) is 3.11. The molecule has 21 heavy (non-hydrogen) atoms. The number of benzene rings is 1. The van der Waals surface area contributed by atoms with Crippen molar-refractivity contribution < 1.29 is 0 Å². The van der Waals surface area contributed by atoms with Crippen LogP contribution in [-0.2, 0) is 19.5 Å². The minimum absolute atomic E-state index is 0.693. The summed E-state index contributed by atoms with van der Waals surface area (Å²) in [5.41, 5.74) is 2.59. The number of imidazole rings is 1. The molecule has 0 aliphatic rings. The Balaban J connectivity index is 1.77. The Bertz CT molecular complexity index is 708. The number of aromatic nitrogens is 5. The summed E-state index contributed by atoms with van der Waals surface area (Å²) in [5, 5.41) is 4.34. The minimum atomic E-state index is 0.693. The molecule has 5 heteroatoms. The SMILES string of the molecule is CCc1ccc(Cn2ncnc2Cn2ccnc2C)cc1. The van der Waals surface area contributed by atoms with Crippen molar-refractivity contribution in [3.63, 3.8) is 0 Å². The van der Waals surface area contributed by atoms with Gasteiger partial charge in [0.15, 0.2) is 0 Å². The molecule has 0 N–H and O–H groups in total. The van der Waals surface area contributed by atoms with Crippen LogP contribution < -0.4 is 0 Å². The number of nitrogens with zero attached hydrogens (tertiary/aromatic N) is 5. The van der Waals surface area contributed by atoms with E-state index in [1.807, 2.05) is 17.8 Å². The molecule has 0 aliphatic heterocycles. The number of aryl methyl sites for hydroxylation is 2. The van der Waals surface area contributed by atoms with E-state index in [4.69, 9.17) is 0 Å². The summed E-state index contributed by atoms with van der Waals surface area (Å²) in [7, 11) is 0. The molecule has 2 aromatic heterocycles. The second-order valence-corrected chi connectivity index (χ2v) is 5.11. The first-order chi connectivity index (χ1) is 10.3. The third-order valence-electron chi connectivity index (χ3n) is 3.69. The van der Waals surface area contributed by atoms with E-state index in [1.54, 1.807) is 12.5 Å². The molecule has 0 aliphatic carbocycles. The van der Waals surface area contributed by atoms with E-state index in [1.165, 1.54) is 11.1 Å². The molecule has 0 saturated carbocycles. The smallest absolute Gasteiger partial charge is 0.147 e. The molecule has 0 saturated heterocycles. The van der Waals surface area contributed by atoms with Crippen LogP contribution in [0.4, 0.5) is 0 Å². The Morgan fingerprint density at radius 2 is 1.76 bits per heavy atom. The van der Waals surface area contributed by atoms with E-state index in [0.717, 1.165) is 24.6 Å². The first-order valence-corrected chi connectivity index (χ1v) is 7.18. The summed E-state index contributed by atoms with van der Waals surface area (Å²) in [4.78, 5) is 8.60. The van der Waals surface area contributed by atoms with Crippen molar-refractivity contribution in [3.05, 3.63) is 65.8 Å². The van der Waals surface area contributed by atoms with Crippen LogP contribution in [0.5, 0.6) is 0 Å². The Kier molecular flexibility index (Phi) is 3.81. The molecule has 0 radical (unpaired) electrons. The molecule has 0 amide bonds. The van der Waals surface area contributed by atoms with Crippen LogP contribution in [-0.4, -0.2) is 24.3 Å². The summed E-state index contributed by atoms with van der Waals surface area (Å²) < 4.78 is 4.01. The van der Waals surface area contributed by atoms with Gasteiger partial charge < -0.3 is 4.57 Å². The molecule has 0 atom stereocenters. The molecule has 1 aromatic carbocycles. The molecular formula is C16H19N5. The van der Waals surface area contributed by atoms with Crippen LogP contribution in [0.15, 0.2) is 43.0 Å². The Labute approximate surface area is 124 Å². The fraction of sp³-hybridized carbons (Fsp3) is 0.312. The molecule has 3 rings (SSSR count). The van der Waals surface area contributed by atoms with Gasteiger partial charge in [0.05, 0.1) is 13.1 Å². The molecular weight excluding hydrogens is 262 g/mol. The van der Waals surface area contributed by atoms with E-state index < -0.39 is 0 Å². The summed E-state index contributed by atoms with van der Waals surface area (Å²) in [6, 6.07) is 8.66. The summed E-state index contributed by atoms with van der Waals surface area (Å²) in [5.74, 6) is 1.92. The standard InChI is InChI=1S/C16H19N5/c1-3-14-4-6-15(7-5-14)10-21-16(18-12-19-21)11-20-9-8-17-13(20)2/h4-9,12H,3,10-11H2,1-2H3. The molecule has 5 nitrogen and oxygen atoms in total. The highest BCUT2D eigenvalue weighted by Gasteiger charge is 2.07. The zero-order chi connectivity index (χ0) is 14.7. The molecule has 0 unspecified atom stereocenters. The van der Waals surface area contributed by atoms with E-state index in [0.29, 0.717) is 6.54 Å². The van der Waals surface area contributed by atoms with Crippen molar-refractivity contribution in [2.75, 3.05) is 0 Å². The fourth-order valence-corrected chi connectivity index (χ4v) is 2.32. The second-order valence-electron chi connectivity index (χ2n) is 5.11. The van der Waals surface area contributed by atoms with Gasteiger partial charge in [0.25, 0.3) is 0 Å². The zero-order valence-electron chi connectivity index (χ0n) is 12.4. The minimum Gasteiger partial charge on any atom is -0.328 e. The second kappa shape index (κ2) is 5.91. The quantitative estimate of drug-likeness (QED) is 0.721. The van der Waals surface area contributed by atoms with Crippen molar-refractivity contribution in [2.24, 2.45) is 0 Å². The topological polar surface area (TPSA) is 48.5 Å². The molecule has 2 heterocycles.